The maximum Gasteiger partial charge on any atom is 0.251 e. The monoisotopic (exact) mass is 414 g/mol. The largest absolute Gasteiger partial charge is 0.349 e. The fraction of sp³-hybridized carbons (Fsp3) is 0.435. The van der Waals surface area contributed by atoms with Crippen LogP contribution in [0.3, 0.4) is 0 Å². The van der Waals surface area contributed by atoms with Gasteiger partial charge in [0.05, 0.1) is 4.90 Å². The zero-order valence-electron chi connectivity index (χ0n) is 17.6. The van der Waals surface area contributed by atoms with Gasteiger partial charge in [-0.1, -0.05) is 51.1 Å². The SMILES string of the molecule is Cc1ccccc1C(=O)NC1CCN(S(=O)(=O)c2ccc(C(C)(C)C)cc2)CC1. The molecule has 1 fully saturated rings. The second-order valence-electron chi connectivity index (χ2n) is 8.74. The lowest BCUT2D eigenvalue weighted by molar-refractivity contribution is 0.0923. The normalized spacial score (nSPS) is 16.6. The van der Waals surface area contributed by atoms with E-state index >= 15 is 0 Å². The Morgan fingerprint density at radius 2 is 1.59 bits per heavy atom. The Balaban J connectivity index is 1.62. The molecule has 0 aliphatic carbocycles. The zero-order chi connectivity index (χ0) is 21.2. The van der Waals surface area contributed by atoms with E-state index < -0.39 is 10.0 Å². The van der Waals surface area contributed by atoms with Crippen molar-refractivity contribution in [3.05, 3.63) is 65.2 Å². The Labute approximate surface area is 174 Å². The van der Waals surface area contributed by atoms with Crippen LogP contribution in [0.5, 0.6) is 0 Å². The Kier molecular flexibility index (Phi) is 6.15. The van der Waals surface area contributed by atoms with Gasteiger partial charge in [-0.2, -0.15) is 4.31 Å². The van der Waals surface area contributed by atoms with E-state index in [0.717, 1.165) is 11.1 Å². The van der Waals surface area contributed by atoms with E-state index in [9.17, 15) is 13.2 Å². The number of hydrogen-bond acceptors (Lipinski definition) is 3. The summed E-state index contributed by atoms with van der Waals surface area (Å²) < 4.78 is 27.5. The van der Waals surface area contributed by atoms with Gasteiger partial charge in [-0.25, -0.2) is 8.42 Å². The molecule has 1 amide bonds. The second kappa shape index (κ2) is 8.28. The molecule has 2 aromatic carbocycles. The second-order valence-corrected chi connectivity index (χ2v) is 10.7. The third-order valence-corrected chi connectivity index (χ3v) is 7.45. The smallest absolute Gasteiger partial charge is 0.251 e. The molecular weight excluding hydrogens is 384 g/mol. The van der Waals surface area contributed by atoms with Crippen LogP contribution in [0.15, 0.2) is 53.4 Å². The van der Waals surface area contributed by atoms with E-state index in [4.69, 9.17) is 0 Å². The van der Waals surface area contributed by atoms with E-state index in [1.54, 1.807) is 12.1 Å². The number of amides is 1. The lowest BCUT2D eigenvalue weighted by Gasteiger charge is -2.32. The summed E-state index contributed by atoms with van der Waals surface area (Å²) in [6.07, 6.45) is 1.22. The molecule has 0 aromatic heterocycles. The summed E-state index contributed by atoms with van der Waals surface area (Å²) in [6.45, 7) is 9.03. The molecule has 1 aliphatic heterocycles. The van der Waals surface area contributed by atoms with Crippen LogP contribution >= 0.6 is 0 Å². The summed E-state index contributed by atoms with van der Waals surface area (Å²) in [6, 6.07) is 14.6. The molecule has 156 valence electrons. The van der Waals surface area contributed by atoms with E-state index in [1.807, 2.05) is 43.3 Å². The van der Waals surface area contributed by atoms with Crippen molar-refractivity contribution in [3.8, 4) is 0 Å². The molecular formula is C23H30N2O3S. The first-order chi connectivity index (χ1) is 13.6. The van der Waals surface area contributed by atoms with Gasteiger partial charge < -0.3 is 5.32 Å². The van der Waals surface area contributed by atoms with Gasteiger partial charge in [0.15, 0.2) is 0 Å². The van der Waals surface area contributed by atoms with Crippen LogP contribution in [0, 0.1) is 6.92 Å². The molecule has 0 spiro atoms. The predicted molar refractivity (Wildman–Crippen MR) is 116 cm³/mol. The molecule has 29 heavy (non-hydrogen) atoms. The Hall–Kier alpha value is -2.18. The summed E-state index contributed by atoms with van der Waals surface area (Å²) in [5.41, 5.74) is 2.69. The predicted octanol–water partition coefficient (Wildman–Crippen LogP) is 3.88. The summed E-state index contributed by atoms with van der Waals surface area (Å²) in [7, 11) is -3.51. The summed E-state index contributed by atoms with van der Waals surface area (Å²) in [5.74, 6) is -0.0952. The molecule has 1 heterocycles. The first-order valence-corrected chi connectivity index (χ1v) is 11.5. The van der Waals surface area contributed by atoms with Gasteiger partial charge in [-0.05, 0) is 54.5 Å². The van der Waals surface area contributed by atoms with Gasteiger partial charge in [0, 0.05) is 24.7 Å². The first kappa shape index (κ1) is 21.5. The van der Waals surface area contributed by atoms with E-state index in [2.05, 4.69) is 26.1 Å². The molecule has 1 aliphatic rings. The molecule has 3 rings (SSSR count). The first-order valence-electron chi connectivity index (χ1n) is 10.1. The minimum atomic E-state index is -3.51. The van der Waals surface area contributed by atoms with Crippen molar-refractivity contribution >= 4 is 15.9 Å². The molecule has 1 N–H and O–H groups in total. The number of aryl methyl sites for hydroxylation is 1. The van der Waals surface area contributed by atoms with Gasteiger partial charge in [0.2, 0.25) is 10.0 Å². The van der Waals surface area contributed by atoms with Crippen molar-refractivity contribution in [1.82, 2.24) is 9.62 Å². The molecule has 0 bridgehead atoms. The van der Waals surface area contributed by atoms with Crippen LogP contribution in [0.25, 0.3) is 0 Å². The number of benzene rings is 2. The Morgan fingerprint density at radius 1 is 1.00 bits per heavy atom. The molecule has 5 nitrogen and oxygen atoms in total. The molecule has 1 saturated heterocycles. The van der Waals surface area contributed by atoms with Gasteiger partial charge in [0.1, 0.15) is 0 Å². The van der Waals surface area contributed by atoms with E-state index in [1.165, 1.54) is 4.31 Å². The van der Waals surface area contributed by atoms with Crippen LogP contribution in [0.2, 0.25) is 0 Å². The Bertz CT molecular complexity index is 968. The standard InChI is InChI=1S/C23H30N2O3S/c1-17-7-5-6-8-21(17)22(26)24-19-13-15-25(16-14-19)29(27,28)20-11-9-18(10-12-20)23(2,3)4/h5-12,19H,13-16H2,1-4H3,(H,24,26). The summed E-state index contributed by atoms with van der Waals surface area (Å²) in [5, 5.41) is 3.05. The van der Waals surface area contributed by atoms with Crippen molar-refractivity contribution in [3.63, 3.8) is 0 Å². The molecule has 0 saturated carbocycles. The highest BCUT2D eigenvalue weighted by atomic mass is 32.2. The molecule has 0 unspecified atom stereocenters. The van der Waals surface area contributed by atoms with Crippen molar-refractivity contribution in [2.24, 2.45) is 0 Å². The number of carbonyl (C=O) groups is 1. The number of hydrogen-bond donors (Lipinski definition) is 1. The van der Waals surface area contributed by atoms with Crippen LogP contribution in [0.4, 0.5) is 0 Å². The Morgan fingerprint density at radius 3 is 2.14 bits per heavy atom. The minimum Gasteiger partial charge on any atom is -0.349 e. The molecule has 2 aromatic rings. The summed E-state index contributed by atoms with van der Waals surface area (Å²) >= 11 is 0. The van der Waals surface area contributed by atoms with Crippen LogP contribution < -0.4 is 5.32 Å². The molecule has 0 radical (unpaired) electrons. The number of carbonyl (C=O) groups excluding carboxylic acids is 1. The van der Waals surface area contributed by atoms with Gasteiger partial charge >= 0.3 is 0 Å². The van der Waals surface area contributed by atoms with E-state index in [0.29, 0.717) is 36.4 Å². The van der Waals surface area contributed by atoms with Gasteiger partial charge in [0.25, 0.3) is 5.91 Å². The highest BCUT2D eigenvalue weighted by molar-refractivity contribution is 7.89. The topological polar surface area (TPSA) is 66.5 Å². The van der Waals surface area contributed by atoms with Crippen molar-refractivity contribution in [1.29, 1.82) is 0 Å². The number of nitrogens with one attached hydrogen (secondary N) is 1. The third kappa shape index (κ3) is 4.87. The van der Waals surface area contributed by atoms with Crippen molar-refractivity contribution < 1.29 is 13.2 Å². The average Bonchev–Trinajstić information content (AvgIpc) is 2.68. The number of sulfonamides is 1. The lowest BCUT2D eigenvalue weighted by Crippen LogP contribution is -2.46. The van der Waals surface area contributed by atoms with Crippen LogP contribution in [-0.4, -0.2) is 37.8 Å². The lowest BCUT2D eigenvalue weighted by atomic mass is 9.87. The van der Waals surface area contributed by atoms with Gasteiger partial charge in [-0.3, -0.25) is 4.79 Å². The molecule has 0 atom stereocenters. The average molecular weight is 415 g/mol. The third-order valence-electron chi connectivity index (χ3n) is 5.54. The quantitative estimate of drug-likeness (QED) is 0.826. The highest BCUT2D eigenvalue weighted by Gasteiger charge is 2.30. The minimum absolute atomic E-state index is 0.0168. The van der Waals surface area contributed by atoms with Crippen LogP contribution in [-0.2, 0) is 15.4 Å². The number of nitrogens with zero attached hydrogens (tertiary/aromatic N) is 1. The molecule has 6 heteroatoms. The van der Waals surface area contributed by atoms with Crippen molar-refractivity contribution in [2.45, 2.75) is 56.9 Å². The van der Waals surface area contributed by atoms with Gasteiger partial charge in [-0.15, -0.1) is 0 Å². The maximum atomic E-state index is 13.0. The van der Waals surface area contributed by atoms with Crippen LogP contribution in [0.1, 0.15) is 55.1 Å². The van der Waals surface area contributed by atoms with E-state index in [-0.39, 0.29) is 17.4 Å². The van der Waals surface area contributed by atoms with Crippen molar-refractivity contribution in [2.75, 3.05) is 13.1 Å². The number of piperidine rings is 1. The fourth-order valence-corrected chi connectivity index (χ4v) is 5.08. The maximum absolute atomic E-state index is 13.0. The zero-order valence-corrected chi connectivity index (χ0v) is 18.4. The highest BCUT2D eigenvalue weighted by Crippen LogP contribution is 2.26. The summed E-state index contributed by atoms with van der Waals surface area (Å²) in [4.78, 5) is 12.8. The fourth-order valence-electron chi connectivity index (χ4n) is 3.61. The number of rotatable bonds is 4.